The molecule has 1 aromatic heterocycles. The number of carbonyl (C=O) groups is 1. The molecule has 0 saturated carbocycles. The molecule has 1 aliphatic rings. The monoisotopic (exact) mass is 301 g/mol. The SMILES string of the molecule is CN(CC(=O)N1CCCC1)S(=O)(=O)c1ncccc1F. The Kier molecular flexibility index (Phi) is 4.34. The molecule has 0 N–H and O–H groups in total. The molecule has 0 aromatic carbocycles. The Morgan fingerprint density at radius 3 is 2.70 bits per heavy atom. The molecule has 1 fully saturated rings. The topological polar surface area (TPSA) is 70.6 Å². The van der Waals surface area contributed by atoms with Crippen molar-refractivity contribution < 1.29 is 17.6 Å². The van der Waals surface area contributed by atoms with E-state index < -0.39 is 20.9 Å². The first-order valence-electron chi connectivity index (χ1n) is 6.27. The van der Waals surface area contributed by atoms with E-state index in [1.807, 2.05) is 0 Å². The number of amides is 1. The number of hydrogen-bond acceptors (Lipinski definition) is 4. The first-order chi connectivity index (χ1) is 9.43. The zero-order chi connectivity index (χ0) is 14.8. The van der Waals surface area contributed by atoms with Gasteiger partial charge in [0.1, 0.15) is 0 Å². The third-order valence-electron chi connectivity index (χ3n) is 3.20. The molecular weight excluding hydrogens is 285 g/mol. The van der Waals surface area contributed by atoms with Crippen LogP contribution >= 0.6 is 0 Å². The van der Waals surface area contributed by atoms with Crippen LogP contribution in [0, 0.1) is 5.82 Å². The number of likely N-dealkylation sites (N-methyl/N-ethyl adjacent to an activating group) is 1. The maximum Gasteiger partial charge on any atom is 0.263 e. The minimum absolute atomic E-state index is 0.273. The molecule has 0 radical (unpaired) electrons. The van der Waals surface area contributed by atoms with Gasteiger partial charge >= 0.3 is 0 Å². The average molecular weight is 301 g/mol. The second-order valence-corrected chi connectivity index (χ2v) is 6.60. The molecule has 110 valence electrons. The van der Waals surface area contributed by atoms with Crippen molar-refractivity contribution in [2.75, 3.05) is 26.7 Å². The number of likely N-dealkylation sites (tertiary alicyclic amines) is 1. The summed E-state index contributed by atoms with van der Waals surface area (Å²) in [5.74, 6) is -1.20. The molecule has 0 bridgehead atoms. The van der Waals surface area contributed by atoms with Crippen molar-refractivity contribution in [3.8, 4) is 0 Å². The molecule has 1 aromatic rings. The first-order valence-corrected chi connectivity index (χ1v) is 7.71. The fourth-order valence-electron chi connectivity index (χ4n) is 2.05. The average Bonchev–Trinajstić information content (AvgIpc) is 2.92. The van der Waals surface area contributed by atoms with Gasteiger partial charge in [0.15, 0.2) is 5.82 Å². The van der Waals surface area contributed by atoms with Crippen molar-refractivity contribution in [2.24, 2.45) is 0 Å². The van der Waals surface area contributed by atoms with E-state index in [1.54, 1.807) is 4.90 Å². The lowest BCUT2D eigenvalue weighted by atomic mass is 10.4. The van der Waals surface area contributed by atoms with Crippen LogP contribution in [0.15, 0.2) is 23.4 Å². The van der Waals surface area contributed by atoms with E-state index in [0.29, 0.717) is 13.1 Å². The van der Waals surface area contributed by atoms with E-state index in [-0.39, 0.29) is 12.5 Å². The number of carbonyl (C=O) groups excluding carboxylic acids is 1. The molecule has 1 aliphatic heterocycles. The number of sulfonamides is 1. The molecule has 0 unspecified atom stereocenters. The highest BCUT2D eigenvalue weighted by atomic mass is 32.2. The molecule has 1 amide bonds. The van der Waals surface area contributed by atoms with Crippen LogP contribution in [0.1, 0.15) is 12.8 Å². The molecule has 8 heteroatoms. The number of pyridine rings is 1. The molecule has 2 heterocycles. The fourth-order valence-corrected chi connectivity index (χ4v) is 3.13. The quantitative estimate of drug-likeness (QED) is 0.810. The molecule has 2 rings (SSSR count). The number of rotatable bonds is 4. The third-order valence-corrected chi connectivity index (χ3v) is 4.93. The van der Waals surface area contributed by atoms with Crippen LogP contribution in [-0.2, 0) is 14.8 Å². The molecule has 20 heavy (non-hydrogen) atoms. The molecule has 0 aliphatic carbocycles. The second kappa shape index (κ2) is 5.84. The van der Waals surface area contributed by atoms with Gasteiger partial charge in [-0.3, -0.25) is 4.79 Å². The zero-order valence-electron chi connectivity index (χ0n) is 11.1. The molecule has 1 saturated heterocycles. The van der Waals surface area contributed by atoms with E-state index in [2.05, 4.69) is 4.98 Å². The maximum atomic E-state index is 13.5. The summed E-state index contributed by atoms with van der Waals surface area (Å²) in [6.07, 6.45) is 3.06. The fraction of sp³-hybridized carbons (Fsp3) is 0.500. The van der Waals surface area contributed by atoms with E-state index in [1.165, 1.54) is 19.3 Å². The molecule has 0 spiro atoms. The van der Waals surface area contributed by atoms with Crippen LogP contribution in [0.25, 0.3) is 0 Å². The van der Waals surface area contributed by atoms with Crippen LogP contribution in [0.3, 0.4) is 0 Å². The van der Waals surface area contributed by atoms with E-state index in [4.69, 9.17) is 0 Å². The summed E-state index contributed by atoms with van der Waals surface area (Å²) >= 11 is 0. The molecule has 6 nitrogen and oxygen atoms in total. The Bertz CT molecular complexity index is 600. The molecular formula is C12H16FN3O3S. The summed E-state index contributed by atoms with van der Waals surface area (Å²) in [6, 6.07) is 2.33. The lowest BCUT2D eigenvalue weighted by molar-refractivity contribution is -0.130. The van der Waals surface area contributed by atoms with E-state index in [0.717, 1.165) is 23.2 Å². The normalized spacial score (nSPS) is 15.8. The minimum atomic E-state index is -4.09. The maximum absolute atomic E-state index is 13.5. The highest BCUT2D eigenvalue weighted by Gasteiger charge is 2.29. The number of aromatic nitrogens is 1. The van der Waals surface area contributed by atoms with Crippen molar-refractivity contribution >= 4 is 15.9 Å². The van der Waals surface area contributed by atoms with Gasteiger partial charge in [0, 0.05) is 26.3 Å². The lowest BCUT2D eigenvalue weighted by Crippen LogP contribution is -2.40. The van der Waals surface area contributed by atoms with Gasteiger partial charge in [-0.1, -0.05) is 0 Å². The number of halogens is 1. The summed E-state index contributed by atoms with van der Waals surface area (Å²) < 4.78 is 38.7. The van der Waals surface area contributed by atoms with E-state index >= 15 is 0 Å². The van der Waals surface area contributed by atoms with Gasteiger partial charge in [-0.25, -0.2) is 17.8 Å². The van der Waals surface area contributed by atoms with Crippen LogP contribution in [0.2, 0.25) is 0 Å². The van der Waals surface area contributed by atoms with Gasteiger partial charge in [0.25, 0.3) is 10.0 Å². The molecule has 0 atom stereocenters. The Balaban J connectivity index is 2.13. The predicted molar refractivity (Wildman–Crippen MR) is 69.8 cm³/mol. The Morgan fingerprint density at radius 2 is 2.10 bits per heavy atom. The van der Waals surface area contributed by atoms with Gasteiger partial charge in [-0.05, 0) is 25.0 Å². The Labute approximate surface area is 117 Å². The summed E-state index contributed by atoms with van der Waals surface area (Å²) in [5, 5.41) is -0.656. The van der Waals surface area contributed by atoms with Gasteiger partial charge in [0.2, 0.25) is 10.9 Å². The van der Waals surface area contributed by atoms with Crippen LogP contribution in [0.4, 0.5) is 4.39 Å². The van der Waals surface area contributed by atoms with Crippen molar-refractivity contribution in [3.63, 3.8) is 0 Å². The summed E-state index contributed by atoms with van der Waals surface area (Å²) in [5.41, 5.74) is 0. The highest BCUT2D eigenvalue weighted by Crippen LogP contribution is 2.16. The van der Waals surface area contributed by atoms with Crippen molar-refractivity contribution in [1.29, 1.82) is 0 Å². The van der Waals surface area contributed by atoms with Crippen LogP contribution in [-0.4, -0.2) is 55.2 Å². The Hall–Kier alpha value is -1.54. The third kappa shape index (κ3) is 2.96. The number of hydrogen-bond donors (Lipinski definition) is 0. The van der Waals surface area contributed by atoms with Crippen molar-refractivity contribution in [1.82, 2.24) is 14.2 Å². The lowest BCUT2D eigenvalue weighted by Gasteiger charge is -2.20. The first kappa shape index (κ1) is 14.9. The highest BCUT2D eigenvalue weighted by molar-refractivity contribution is 7.89. The zero-order valence-corrected chi connectivity index (χ0v) is 11.9. The van der Waals surface area contributed by atoms with Gasteiger partial charge in [-0.15, -0.1) is 0 Å². The van der Waals surface area contributed by atoms with Crippen molar-refractivity contribution in [3.05, 3.63) is 24.1 Å². The predicted octanol–water partition coefficient (Wildman–Crippen LogP) is 0.464. The number of nitrogens with zero attached hydrogens (tertiary/aromatic N) is 3. The summed E-state index contributed by atoms with van der Waals surface area (Å²) in [4.78, 5) is 17.1. The summed E-state index contributed by atoms with van der Waals surface area (Å²) in [7, 11) is -2.85. The summed E-state index contributed by atoms with van der Waals surface area (Å²) in [6.45, 7) is 0.980. The minimum Gasteiger partial charge on any atom is -0.342 e. The second-order valence-electron chi connectivity index (χ2n) is 4.64. The van der Waals surface area contributed by atoms with Crippen molar-refractivity contribution in [2.45, 2.75) is 17.9 Å². The largest absolute Gasteiger partial charge is 0.342 e. The van der Waals surface area contributed by atoms with Gasteiger partial charge in [-0.2, -0.15) is 4.31 Å². The smallest absolute Gasteiger partial charge is 0.263 e. The van der Waals surface area contributed by atoms with Gasteiger partial charge < -0.3 is 4.90 Å². The Morgan fingerprint density at radius 1 is 1.45 bits per heavy atom. The van der Waals surface area contributed by atoms with Crippen LogP contribution < -0.4 is 0 Å². The van der Waals surface area contributed by atoms with Gasteiger partial charge in [0.05, 0.1) is 6.54 Å². The van der Waals surface area contributed by atoms with E-state index in [9.17, 15) is 17.6 Å². The standard InChI is InChI=1S/C12H16FN3O3S/c1-15(9-11(17)16-7-2-3-8-16)20(18,19)12-10(13)5-4-6-14-12/h4-6H,2-3,7-9H2,1H3. The van der Waals surface area contributed by atoms with Crippen LogP contribution in [0.5, 0.6) is 0 Å².